The Bertz CT molecular complexity index is 795. The van der Waals surface area contributed by atoms with Crippen LogP contribution in [0, 0.1) is 13.8 Å². The van der Waals surface area contributed by atoms with E-state index in [4.69, 9.17) is 0 Å². The number of carbonyl (C=O) groups excluding carboxylic acids is 2. The van der Waals surface area contributed by atoms with Crippen LogP contribution >= 0.6 is 0 Å². The molecule has 1 aliphatic rings. The van der Waals surface area contributed by atoms with E-state index >= 15 is 0 Å². The minimum absolute atomic E-state index is 0.0134. The largest absolute Gasteiger partial charge is 0.339 e. The number of carbonyl (C=O) groups is 2. The number of amides is 2. The molecule has 1 fully saturated rings. The molecule has 2 heterocycles. The fourth-order valence-electron chi connectivity index (χ4n) is 2.93. The molecule has 6 nitrogen and oxygen atoms in total. The molecule has 126 valence electrons. The topological polar surface area (TPSA) is 66.4 Å². The molecule has 1 aromatic heterocycles. The molecule has 3 rings (SSSR count). The Morgan fingerprint density at radius 1 is 0.958 bits per heavy atom. The van der Waals surface area contributed by atoms with E-state index in [2.05, 4.69) is 9.97 Å². The maximum Gasteiger partial charge on any atom is 0.254 e. The zero-order valence-electron chi connectivity index (χ0n) is 14.4. The normalized spacial score (nSPS) is 15.0. The highest BCUT2D eigenvalue weighted by Crippen LogP contribution is 2.17. The first-order valence-corrected chi connectivity index (χ1v) is 8.31. The van der Waals surface area contributed by atoms with Crippen molar-refractivity contribution in [2.24, 2.45) is 0 Å². The van der Waals surface area contributed by atoms with Crippen molar-refractivity contribution in [2.75, 3.05) is 26.2 Å². The molecule has 1 aromatic carbocycles. The van der Waals surface area contributed by atoms with Gasteiger partial charge in [-0.05, 0) is 32.0 Å². The van der Waals surface area contributed by atoms with E-state index in [1.165, 1.54) is 0 Å². The van der Waals surface area contributed by atoms with Crippen LogP contribution in [0.25, 0.3) is 11.0 Å². The van der Waals surface area contributed by atoms with Gasteiger partial charge in [0, 0.05) is 38.2 Å². The van der Waals surface area contributed by atoms with Gasteiger partial charge in [0.25, 0.3) is 5.91 Å². The van der Waals surface area contributed by atoms with Gasteiger partial charge in [-0.2, -0.15) is 0 Å². The molecule has 1 saturated heterocycles. The lowest BCUT2D eigenvalue weighted by atomic mass is 10.1. The molecule has 2 amide bonds. The molecule has 0 N–H and O–H groups in total. The summed E-state index contributed by atoms with van der Waals surface area (Å²) in [6, 6.07) is 5.46. The Kier molecular flexibility index (Phi) is 4.46. The third-order valence-electron chi connectivity index (χ3n) is 4.54. The number of benzene rings is 1. The Balaban J connectivity index is 1.77. The first-order chi connectivity index (χ1) is 11.5. The first kappa shape index (κ1) is 16.4. The molecule has 1 aliphatic heterocycles. The quantitative estimate of drug-likeness (QED) is 0.846. The van der Waals surface area contributed by atoms with E-state index in [9.17, 15) is 9.59 Å². The second-order valence-electron chi connectivity index (χ2n) is 6.12. The second-order valence-corrected chi connectivity index (χ2v) is 6.12. The standard InChI is InChI=1S/C18H22N4O2/c1-4-17(23)21-7-9-22(10-8-21)18(24)14-5-6-15-16(11-14)20-13(3)12(2)19-15/h5-6,11H,4,7-10H2,1-3H3. The Morgan fingerprint density at radius 2 is 1.54 bits per heavy atom. The van der Waals surface area contributed by atoms with Crippen LogP contribution in [-0.2, 0) is 4.79 Å². The maximum atomic E-state index is 12.7. The van der Waals surface area contributed by atoms with Gasteiger partial charge in [-0.3, -0.25) is 9.59 Å². The monoisotopic (exact) mass is 326 g/mol. The van der Waals surface area contributed by atoms with E-state index in [1.54, 1.807) is 17.0 Å². The van der Waals surface area contributed by atoms with Gasteiger partial charge in [-0.25, -0.2) is 9.97 Å². The summed E-state index contributed by atoms with van der Waals surface area (Å²) in [4.78, 5) is 37.1. The molecule has 24 heavy (non-hydrogen) atoms. The van der Waals surface area contributed by atoms with Gasteiger partial charge in [0.1, 0.15) is 0 Å². The van der Waals surface area contributed by atoms with Crippen LogP contribution in [0.15, 0.2) is 18.2 Å². The van der Waals surface area contributed by atoms with Crippen molar-refractivity contribution in [3.8, 4) is 0 Å². The zero-order chi connectivity index (χ0) is 17.3. The molecule has 0 saturated carbocycles. The lowest BCUT2D eigenvalue weighted by molar-refractivity contribution is -0.132. The molecule has 0 bridgehead atoms. The number of hydrogen-bond acceptors (Lipinski definition) is 4. The second kappa shape index (κ2) is 6.55. The lowest BCUT2D eigenvalue weighted by Crippen LogP contribution is -2.50. The molecular weight excluding hydrogens is 304 g/mol. The average Bonchev–Trinajstić information content (AvgIpc) is 2.61. The predicted octanol–water partition coefficient (Wildman–Crippen LogP) is 1.94. The number of aromatic nitrogens is 2. The van der Waals surface area contributed by atoms with E-state index in [0.717, 1.165) is 22.4 Å². The number of piperazine rings is 1. The molecule has 0 unspecified atom stereocenters. The molecule has 6 heteroatoms. The van der Waals surface area contributed by atoms with Crippen molar-refractivity contribution >= 4 is 22.8 Å². The van der Waals surface area contributed by atoms with E-state index in [0.29, 0.717) is 38.2 Å². The average molecular weight is 326 g/mol. The van der Waals surface area contributed by atoms with E-state index in [-0.39, 0.29) is 11.8 Å². The highest BCUT2D eigenvalue weighted by Gasteiger charge is 2.24. The third kappa shape index (κ3) is 3.09. The number of aryl methyl sites for hydroxylation is 2. The van der Waals surface area contributed by atoms with Crippen LogP contribution < -0.4 is 0 Å². The molecule has 0 spiro atoms. The van der Waals surface area contributed by atoms with Crippen LogP contribution in [0.3, 0.4) is 0 Å². The van der Waals surface area contributed by atoms with Crippen molar-refractivity contribution in [2.45, 2.75) is 27.2 Å². The van der Waals surface area contributed by atoms with E-state index in [1.807, 2.05) is 31.7 Å². The highest BCUT2D eigenvalue weighted by atomic mass is 16.2. The fraction of sp³-hybridized carbons (Fsp3) is 0.444. The molecule has 0 aliphatic carbocycles. The summed E-state index contributed by atoms with van der Waals surface area (Å²) in [5.41, 5.74) is 3.93. The zero-order valence-corrected chi connectivity index (χ0v) is 14.4. The summed E-state index contributed by atoms with van der Waals surface area (Å²) in [5, 5.41) is 0. The van der Waals surface area contributed by atoms with Crippen molar-refractivity contribution in [3.63, 3.8) is 0 Å². The fourth-order valence-corrected chi connectivity index (χ4v) is 2.93. The minimum Gasteiger partial charge on any atom is -0.339 e. The molecular formula is C18H22N4O2. The Hall–Kier alpha value is -2.50. The minimum atomic E-state index is -0.0134. The first-order valence-electron chi connectivity index (χ1n) is 8.31. The van der Waals surface area contributed by atoms with Gasteiger partial charge in [-0.15, -0.1) is 0 Å². The molecule has 0 radical (unpaired) electrons. The van der Waals surface area contributed by atoms with Crippen LogP contribution in [0.5, 0.6) is 0 Å². The van der Waals surface area contributed by atoms with Gasteiger partial charge in [-0.1, -0.05) is 6.92 Å². The molecule has 2 aromatic rings. The van der Waals surface area contributed by atoms with Gasteiger partial charge >= 0.3 is 0 Å². The third-order valence-corrected chi connectivity index (χ3v) is 4.54. The summed E-state index contributed by atoms with van der Waals surface area (Å²) in [7, 11) is 0. The Morgan fingerprint density at radius 3 is 2.17 bits per heavy atom. The van der Waals surface area contributed by atoms with Gasteiger partial charge < -0.3 is 9.80 Å². The van der Waals surface area contributed by atoms with Gasteiger partial charge in [0.15, 0.2) is 0 Å². The number of rotatable bonds is 2. The number of hydrogen-bond donors (Lipinski definition) is 0. The maximum absolute atomic E-state index is 12.7. The van der Waals surface area contributed by atoms with Crippen molar-refractivity contribution in [3.05, 3.63) is 35.2 Å². The van der Waals surface area contributed by atoms with Crippen LogP contribution in [0.1, 0.15) is 35.1 Å². The van der Waals surface area contributed by atoms with Crippen molar-refractivity contribution < 1.29 is 9.59 Å². The summed E-state index contributed by atoms with van der Waals surface area (Å²) in [6.45, 7) is 8.05. The van der Waals surface area contributed by atoms with Gasteiger partial charge in [0.2, 0.25) is 5.91 Å². The van der Waals surface area contributed by atoms with Crippen molar-refractivity contribution in [1.82, 2.24) is 19.8 Å². The SMILES string of the molecule is CCC(=O)N1CCN(C(=O)c2ccc3nc(C)c(C)nc3c2)CC1. The summed E-state index contributed by atoms with van der Waals surface area (Å²) < 4.78 is 0. The smallest absolute Gasteiger partial charge is 0.254 e. The lowest BCUT2D eigenvalue weighted by Gasteiger charge is -2.34. The summed E-state index contributed by atoms with van der Waals surface area (Å²) in [5.74, 6) is 0.134. The van der Waals surface area contributed by atoms with Gasteiger partial charge in [0.05, 0.1) is 22.4 Å². The van der Waals surface area contributed by atoms with Crippen LogP contribution in [0.4, 0.5) is 0 Å². The van der Waals surface area contributed by atoms with Crippen molar-refractivity contribution in [1.29, 1.82) is 0 Å². The molecule has 0 atom stereocenters. The van der Waals surface area contributed by atoms with Crippen LogP contribution in [-0.4, -0.2) is 57.8 Å². The predicted molar refractivity (Wildman–Crippen MR) is 91.8 cm³/mol. The van der Waals surface area contributed by atoms with E-state index < -0.39 is 0 Å². The highest BCUT2D eigenvalue weighted by molar-refractivity contribution is 5.97. The number of fused-ring (bicyclic) bond motifs is 1. The summed E-state index contributed by atoms with van der Waals surface area (Å²) in [6.07, 6.45) is 0.510. The summed E-state index contributed by atoms with van der Waals surface area (Å²) >= 11 is 0. The Labute approximate surface area is 141 Å². The van der Waals surface area contributed by atoms with Crippen LogP contribution in [0.2, 0.25) is 0 Å². The number of nitrogens with zero attached hydrogens (tertiary/aromatic N) is 4.